The zero-order valence-electron chi connectivity index (χ0n) is 18.8. The van der Waals surface area contributed by atoms with Gasteiger partial charge in [-0.1, -0.05) is 39.5 Å². The summed E-state index contributed by atoms with van der Waals surface area (Å²) in [7, 11) is 0. The maximum Gasteiger partial charge on any atom is 0.225 e. The maximum atomic E-state index is 5.11. The predicted octanol–water partition coefficient (Wildman–Crippen LogP) is 4.66. The highest BCUT2D eigenvalue weighted by molar-refractivity contribution is 5.54. The highest BCUT2D eigenvalue weighted by Crippen LogP contribution is 2.31. The maximum absolute atomic E-state index is 5.11. The summed E-state index contributed by atoms with van der Waals surface area (Å²) in [6.45, 7) is 10.6. The van der Waals surface area contributed by atoms with Gasteiger partial charge < -0.3 is 15.1 Å². The quantitative estimate of drug-likeness (QED) is 0.722. The molecule has 29 heavy (non-hydrogen) atoms. The van der Waals surface area contributed by atoms with Gasteiger partial charge in [-0.25, -0.2) is 4.98 Å². The van der Waals surface area contributed by atoms with Crippen molar-refractivity contribution < 1.29 is 0 Å². The fourth-order valence-corrected chi connectivity index (χ4v) is 5.46. The van der Waals surface area contributed by atoms with Crippen LogP contribution in [0.2, 0.25) is 0 Å². The molecule has 0 spiro atoms. The lowest BCUT2D eigenvalue weighted by atomic mass is 9.99. The van der Waals surface area contributed by atoms with Crippen LogP contribution in [0, 0.1) is 5.92 Å². The van der Waals surface area contributed by atoms with Crippen LogP contribution in [0.1, 0.15) is 82.9 Å². The Morgan fingerprint density at radius 2 is 1.72 bits per heavy atom. The van der Waals surface area contributed by atoms with Crippen molar-refractivity contribution in [3.8, 4) is 0 Å². The highest BCUT2D eigenvalue weighted by Gasteiger charge is 2.26. The average molecular weight is 400 g/mol. The number of rotatable bonds is 7. The average Bonchev–Trinajstić information content (AvgIpc) is 3.04. The number of piperidine rings is 1. The Kier molecular flexibility index (Phi) is 7.28. The van der Waals surface area contributed by atoms with Crippen LogP contribution < -0.4 is 10.2 Å². The van der Waals surface area contributed by atoms with E-state index >= 15 is 0 Å². The molecule has 0 saturated carbocycles. The first-order chi connectivity index (χ1) is 14.3. The predicted molar refractivity (Wildman–Crippen MR) is 122 cm³/mol. The van der Waals surface area contributed by atoms with Crippen molar-refractivity contribution in [2.75, 3.05) is 42.9 Å². The van der Waals surface area contributed by atoms with Gasteiger partial charge in [0.05, 0.1) is 5.69 Å². The number of hydrogen-bond acceptors (Lipinski definition) is 5. The molecule has 0 aromatic carbocycles. The molecule has 0 amide bonds. The number of aromatic nitrogens is 2. The van der Waals surface area contributed by atoms with Crippen molar-refractivity contribution in [2.45, 2.75) is 90.5 Å². The van der Waals surface area contributed by atoms with Crippen LogP contribution in [-0.2, 0) is 12.8 Å². The van der Waals surface area contributed by atoms with Crippen molar-refractivity contribution in [1.29, 1.82) is 0 Å². The molecule has 0 unspecified atom stereocenters. The van der Waals surface area contributed by atoms with E-state index in [1.807, 2.05) is 0 Å². The third kappa shape index (κ3) is 5.22. The first-order valence-corrected chi connectivity index (χ1v) is 12.4. The minimum Gasteiger partial charge on any atom is -0.356 e. The standard InChI is InChI=1S/C24H41N5/c1-3-19(4-2)17-28-14-10-11-20(18-28)25-24-26-22-13-9-12-21(22)23(27-24)29-15-7-5-6-8-16-29/h19-20H,3-18H2,1-2H3,(H,25,26,27)/t20-/m0/s1. The van der Waals surface area contributed by atoms with Crippen LogP contribution in [-0.4, -0.2) is 53.6 Å². The number of anilines is 2. The SMILES string of the molecule is CCC(CC)CN1CCC[C@H](Nc2nc3c(c(N4CCCCCC4)n2)CCC3)C1. The zero-order chi connectivity index (χ0) is 20.1. The van der Waals surface area contributed by atoms with E-state index in [9.17, 15) is 0 Å². The fraction of sp³-hybridized carbons (Fsp3) is 0.833. The minimum atomic E-state index is 0.481. The number of nitrogens with one attached hydrogen (secondary N) is 1. The molecular formula is C24H41N5. The number of nitrogens with zero attached hydrogens (tertiary/aromatic N) is 4. The molecule has 5 heteroatoms. The summed E-state index contributed by atoms with van der Waals surface area (Å²) in [6.07, 6.45) is 13.9. The zero-order valence-corrected chi connectivity index (χ0v) is 18.8. The molecule has 5 nitrogen and oxygen atoms in total. The molecule has 3 aliphatic rings. The molecule has 162 valence electrons. The molecular weight excluding hydrogens is 358 g/mol. The molecule has 1 aromatic rings. The van der Waals surface area contributed by atoms with Gasteiger partial charge >= 0.3 is 0 Å². The Balaban J connectivity index is 1.46. The molecule has 2 aliphatic heterocycles. The number of likely N-dealkylation sites (tertiary alicyclic amines) is 1. The van der Waals surface area contributed by atoms with Crippen molar-refractivity contribution in [2.24, 2.45) is 5.92 Å². The number of aryl methyl sites for hydroxylation is 1. The van der Waals surface area contributed by atoms with Crippen LogP contribution in [0.4, 0.5) is 11.8 Å². The lowest BCUT2D eigenvalue weighted by Crippen LogP contribution is -2.44. The van der Waals surface area contributed by atoms with Gasteiger partial charge in [0.1, 0.15) is 5.82 Å². The molecule has 0 bridgehead atoms. The van der Waals surface area contributed by atoms with Gasteiger partial charge in [-0.05, 0) is 57.4 Å². The topological polar surface area (TPSA) is 44.3 Å². The Hall–Kier alpha value is -1.36. The lowest BCUT2D eigenvalue weighted by molar-refractivity contribution is 0.181. The van der Waals surface area contributed by atoms with Gasteiger partial charge in [-0.3, -0.25) is 0 Å². The second kappa shape index (κ2) is 10.1. The molecule has 2 fully saturated rings. The van der Waals surface area contributed by atoms with E-state index in [1.54, 1.807) is 0 Å². The van der Waals surface area contributed by atoms with Gasteiger partial charge in [0.25, 0.3) is 0 Å². The summed E-state index contributed by atoms with van der Waals surface area (Å²) in [6, 6.07) is 0.481. The molecule has 0 radical (unpaired) electrons. The van der Waals surface area contributed by atoms with Gasteiger partial charge in [0, 0.05) is 37.8 Å². The summed E-state index contributed by atoms with van der Waals surface area (Å²) in [5.41, 5.74) is 2.75. The Morgan fingerprint density at radius 3 is 2.48 bits per heavy atom. The molecule has 2 saturated heterocycles. The molecule has 1 aromatic heterocycles. The Bertz CT molecular complexity index is 649. The van der Waals surface area contributed by atoms with E-state index in [1.165, 1.54) is 88.0 Å². The van der Waals surface area contributed by atoms with E-state index in [0.717, 1.165) is 44.3 Å². The van der Waals surface area contributed by atoms with Crippen molar-refractivity contribution in [1.82, 2.24) is 14.9 Å². The molecule has 1 N–H and O–H groups in total. The van der Waals surface area contributed by atoms with Crippen LogP contribution in [0.3, 0.4) is 0 Å². The molecule has 3 heterocycles. The highest BCUT2D eigenvalue weighted by atomic mass is 15.3. The van der Waals surface area contributed by atoms with Crippen LogP contribution in [0.25, 0.3) is 0 Å². The summed E-state index contributed by atoms with van der Waals surface area (Å²) < 4.78 is 0. The third-order valence-corrected chi connectivity index (χ3v) is 7.33. The summed E-state index contributed by atoms with van der Waals surface area (Å²) in [5.74, 6) is 2.97. The molecule has 4 rings (SSSR count). The van der Waals surface area contributed by atoms with E-state index in [-0.39, 0.29) is 0 Å². The van der Waals surface area contributed by atoms with Gasteiger partial charge in [-0.2, -0.15) is 4.98 Å². The van der Waals surface area contributed by atoms with Gasteiger partial charge in [-0.15, -0.1) is 0 Å². The van der Waals surface area contributed by atoms with Crippen LogP contribution in [0.15, 0.2) is 0 Å². The second-order valence-corrected chi connectivity index (χ2v) is 9.48. The summed E-state index contributed by atoms with van der Waals surface area (Å²) in [5, 5.41) is 3.75. The molecule has 1 atom stereocenters. The third-order valence-electron chi connectivity index (χ3n) is 7.33. The largest absolute Gasteiger partial charge is 0.356 e. The van der Waals surface area contributed by atoms with Crippen LogP contribution in [0.5, 0.6) is 0 Å². The van der Waals surface area contributed by atoms with E-state index in [2.05, 4.69) is 29.0 Å². The number of hydrogen-bond donors (Lipinski definition) is 1. The molecule has 1 aliphatic carbocycles. The van der Waals surface area contributed by atoms with Gasteiger partial charge in [0.2, 0.25) is 5.95 Å². The number of fused-ring (bicyclic) bond motifs is 1. The van der Waals surface area contributed by atoms with E-state index < -0.39 is 0 Å². The van der Waals surface area contributed by atoms with Crippen molar-refractivity contribution >= 4 is 11.8 Å². The lowest BCUT2D eigenvalue weighted by Gasteiger charge is -2.35. The summed E-state index contributed by atoms with van der Waals surface area (Å²) >= 11 is 0. The monoisotopic (exact) mass is 399 g/mol. The Morgan fingerprint density at radius 1 is 0.931 bits per heavy atom. The minimum absolute atomic E-state index is 0.481. The normalized spacial score (nSPS) is 23.3. The van der Waals surface area contributed by atoms with Crippen molar-refractivity contribution in [3.63, 3.8) is 0 Å². The summed E-state index contributed by atoms with van der Waals surface area (Å²) in [4.78, 5) is 15.3. The van der Waals surface area contributed by atoms with E-state index in [4.69, 9.17) is 9.97 Å². The van der Waals surface area contributed by atoms with Crippen LogP contribution >= 0.6 is 0 Å². The van der Waals surface area contributed by atoms with E-state index in [0.29, 0.717) is 6.04 Å². The Labute approximate surface area is 177 Å². The first kappa shape index (κ1) is 20.9. The van der Waals surface area contributed by atoms with Crippen molar-refractivity contribution in [3.05, 3.63) is 11.3 Å². The smallest absolute Gasteiger partial charge is 0.225 e. The first-order valence-electron chi connectivity index (χ1n) is 12.4. The van der Waals surface area contributed by atoms with Gasteiger partial charge in [0.15, 0.2) is 0 Å². The second-order valence-electron chi connectivity index (χ2n) is 9.48. The fourth-order valence-electron chi connectivity index (χ4n) is 5.46.